The summed E-state index contributed by atoms with van der Waals surface area (Å²) in [6.45, 7) is 6.51. The average Bonchev–Trinajstić information content (AvgIpc) is 2.97. The minimum Gasteiger partial charge on any atom is -0.504 e. The van der Waals surface area contributed by atoms with E-state index in [1.165, 1.54) is 13.2 Å². The zero-order chi connectivity index (χ0) is 22.7. The summed E-state index contributed by atoms with van der Waals surface area (Å²) in [5.41, 5.74) is 2.55. The first-order chi connectivity index (χ1) is 14.7. The van der Waals surface area contributed by atoms with Crippen molar-refractivity contribution < 1.29 is 24.2 Å². The molecule has 2 amide bonds. The lowest BCUT2D eigenvalue weighted by molar-refractivity contribution is -0.123. The van der Waals surface area contributed by atoms with Crippen molar-refractivity contribution in [1.82, 2.24) is 4.90 Å². The van der Waals surface area contributed by atoms with Crippen LogP contribution in [-0.4, -0.2) is 41.4 Å². The highest BCUT2D eigenvalue weighted by Crippen LogP contribution is 2.38. The number of phenolic OH excluding ortho intramolecular Hbond substituents is 1. The number of phenols is 1. The van der Waals surface area contributed by atoms with Crippen molar-refractivity contribution in [3.8, 4) is 17.2 Å². The van der Waals surface area contributed by atoms with E-state index in [0.29, 0.717) is 16.0 Å². The van der Waals surface area contributed by atoms with Crippen molar-refractivity contribution >= 4 is 44.9 Å². The molecule has 31 heavy (non-hydrogen) atoms. The molecule has 0 radical (unpaired) electrons. The van der Waals surface area contributed by atoms with Gasteiger partial charge in [0.05, 0.1) is 18.6 Å². The van der Waals surface area contributed by atoms with E-state index in [9.17, 15) is 14.7 Å². The van der Waals surface area contributed by atoms with Gasteiger partial charge in [0.1, 0.15) is 12.4 Å². The molecule has 0 saturated carbocycles. The van der Waals surface area contributed by atoms with E-state index in [1.807, 2.05) is 25.1 Å². The Balaban J connectivity index is 1.73. The summed E-state index contributed by atoms with van der Waals surface area (Å²) in [5.74, 6) is 0.827. The lowest BCUT2D eigenvalue weighted by Gasteiger charge is -2.17. The number of aryl methyl sites for hydroxylation is 1. The predicted octanol–water partition coefficient (Wildman–Crippen LogP) is 5.71. The smallest absolute Gasteiger partial charge is 0.293 e. The lowest BCUT2D eigenvalue weighted by Crippen LogP contribution is -2.32. The topological polar surface area (TPSA) is 76.1 Å². The highest BCUT2D eigenvalue weighted by Gasteiger charge is 2.35. The summed E-state index contributed by atoms with van der Waals surface area (Å²) >= 11 is 4.18. The molecule has 1 aliphatic heterocycles. The number of thioether (sulfide) groups is 1. The number of hydrogen-bond acceptors (Lipinski definition) is 6. The van der Waals surface area contributed by atoms with E-state index >= 15 is 0 Å². The van der Waals surface area contributed by atoms with Gasteiger partial charge in [-0.3, -0.25) is 14.5 Å². The number of amides is 2. The molecule has 0 aliphatic carbocycles. The Morgan fingerprint density at radius 1 is 1.19 bits per heavy atom. The first-order valence-corrected chi connectivity index (χ1v) is 11.4. The van der Waals surface area contributed by atoms with Gasteiger partial charge in [0.2, 0.25) is 0 Å². The van der Waals surface area contributed by atoms with Gasteiger partial charge in [0.15, 0.2) is 11.5 Å². The second kappa shape index (κ2) is 9.78. The number of carbonyl (C=O) groups is 2. The molecule has 0 atom stereocenters. The third-order valence-corrected chi connectivity index (χ3v) is 6.18. The quantitative estimate of drug-likeness (QED) is 0.485. The van der Waals surface area contributed by atoms with Gasteiger partial charge in [0.25, 0.3) is 11.1 Å². The summed E-state index contributed by atoms with van der Waals surface area (Å²) in [4.78, 5) is 26.6. The van der Waals surface area contributed by atoms with Crippen LogP contribution in [0.3, 0.4) is 0 Å². The van der Waals surface area contributed by atoms with Gasteiger partial charge in [-0.15, -0.1) is 0 Å². The Kier molecular flexibility index (Phi) is 7.33. The third kappa shape index (κ3) is 5.25. The molecule has 2 aromatic carbocycles. The zero-order valence-corrected chi connectivity index (χ0v) is 20.2. The predicted molar refractivity (Wildman–Crippen MR) is 126 cm³/mol. The van der Waals surface area contributed by atoms with Crippen molar-refractivity contribution in [1.29, 1.82) is 0 Å². The minimum atomic E-state index is -0.412. The van der Waals surface area contributed by atoms with Crippen LogP contribution in [0.2, 0.25) is 0 Å². The SMILES string of the molecule is COc1cc(Br)cc(/C=C2\SC(=O)N(CCOc3cc(C)ccc3C(C)C)C2=O)c1O. The molecule has 1 N–H and O–H groups in total. The number of rotatable bonds is 7. The molecule has 1 heterocycles. The Bertz CT molecular complexity index is 1050. The number of nitrogens with zero attached hydrogens (tertiary/aromatic N) is 1. The van der Waals surface area contributed by atoms with Gasteiger partial charge in [-0.2, -0.15) is 0 Å². The Labute approximate surface area is 194 Å². The molecule has 1 aliphatic rings. The normalized spacial score (nSPS) is 15.3. The van der Waals surface area contributed by atoms with Crippen LogP contribution in [0.1, 0.15) is 36.5 Å². The van der Waals surface area contributed by atoms with E-state index in [0.717, 1.165) is 33.5 Å². The fourth-order valence-corrected chi connectivity index (χ4v) is 4.49. The number of methoxy groups -OCH3 is 1. The molecule has 0 aromatic heterocycles. The minimum absolute atomic E-state index is 0.0958. The fourth-order valence-electron chi connectivity index (χ4n) is 3.18. The van der Waals surface area contributed by atoms with E-state index in [4.69, 9.17) is 9.47 Å². The molecule has 1 saturated heterocycles. The molecule has 2 aromatic rings. The van der Waals surface area contributed by atoms with Gasteiger partial charge >= 0.3 is 0 Å². The van der Waals surface area contributed by atoms with Crippen LogP contribution in [0.4, 0.5) is 4.79 Å². The van der Waals surface area contributed by atoms with E-state index in [2.05, 4.69) is 29.8 Å². The molecule has 8 heteroatoms. The summed E-state index contributed by atoms with van der Waals surface area (Å²) < 4.78 is 11.7. The fraction of sp³-hybridized carbons (Fsp3) is 0.304. The van der Waals surface area contributed by atoms with E-state index < -0.39 is 5.91 Å². The zero-order valence-electron chi connectivity index (χ0n) is 17.8. The van der Waals surface area contributed by atoms with Gasteiger partial charge < -0.3 is 14.6 Å². The van der Waals surface area contributed by atoms with Crippen molar-refractivity contribution in [2.45, 2.75) is 26.7 Å². The first kappa shape index (κ1) is 23.2. The monoisotopic (exact) mass is 505 g/mol. The largest absolute Gasteiger partial charge is 0.504 e. The Hall–Kier alpha value is -2.45. The maximum atomic E-state index is 12.8. The first-order valence-electron chi connectivity index (χ1n) is 9.76. The number of ether oxygens (including phenoxy) is 2. The van der Waals surface area contributed by atoms with Crippen molar-refractivity contribution in [3.63, 3.8) is 0 Å². The van der Waals surface area contributed by atoms with Crippen molar-refractivity contribution in [2.24, 2.45) is 0 Å². The molecule has 3 rings (SSSR count). The highest BCUT2D eigenvalue weighted by molar-refractivity contribution is 9.10. The van der Waals surface area contributed by atoms with Gasteiger partial charge in [0, 0.05) is 10.0 Å². The summed E-state index contributed by atoms with van der Waals surface area (Å²) in [5, 5.41) is 9.96. The summed E-state index contributed by atoms with van der Waals surface area (Å²) in [7, 11) is 1.44. The molecule has 6 nitrogen and oxygen atoms in total. The maximum absolute atomic E-state index is 12.8. The van der Waals surface area contributed by atoms with Gasteiger partial charge in [-0.05, 0) is 60.0 Å². The maximum Gasteiger partial charge on any atom is 0.293 e. The molecule has 1 fully saturated rings. The van der Waals surface area contributed by atoms with E-state index in [1.54, 1.807) is 12.1 Å². The number of aromatic hydroxyl groups is 1. The lowest BCUT2D eigenvalue weighted by atomic mass is 10.0. The molecular weight excluding hydrogens is 482 g/mol. The van der Waals surface area contributed by atoms with Crippen LogP contribution >= 0.6 is 27.7 Å². The van der Waals surface area contributed by atoms with Crippen LogP contribution in [0, 0.1) is 6.92 Å². The van der Waals surface area contributed by atoms with Gasteiger partial charge in [-0.1, -0.05) is 41.9 Å². The number of imide groups is 1. The molecular formula is C23H24BrNO5S. The molecule has 164 valence electrons. The summed E-state index contributed by atoms with van der Waals surface area (Å²) in [6.07, 6.45) is 1.49. The van der Waals surface area contributed by atoms with Crippen LogP contribution in [0.25, 0.3) is 6.08 Å². The standard InChI is InChI=1S/C23H24BrNO5S/c1-13(2)17-6-5-14(3)9-18(17)30-8-7-25-22(27)20(31-23(25)28)11-15-10-16(24)12-19(29-4)21(15)26/h5-6,9-13,26H,7-8H2,1-4H3/b20-11-. The average molecular weight is 506 g/mol. The van der Waals surface area contributed by atoms with E-state index in [-0.39, 0.29) is 34.8 Å². The Morgan fingerprint density at radius 3 is 2.61 bits per heavy atom. The van der Waals surface area contributed by atoms with Gasteiger partial charge in [-0.25, -0.2) is 0 Å². The molecule has 0 bridgehead atoms. The van der Waals surface area contributed by atoms with Crippen molar-refractivity contribution in [3.05, 3.63) is 56.4 Å². The van der Waals surface area contributed by atoms with Crippen LogP contribution in [0.5, 0.6) is 17.2 Å². The third-order valence-electron chi connectivity index (χ3n) is 4.81. The Morgan fingerprint density at radius 2 is 1.94 bits per heavy atom. The van der Waals surface area contributed by atoms with Crippen LogP contribution in [-0.2, 0) is 4.79 Å². The van der Waals surface area contributed by atoms with Crippen LogP contribution in [0.15, 0.2) is 39.7 Å². The van der Waals surface area contributed by atoms with Crippen molar-refractivity contribution in [2.75, 3.05) is 20.3 Å². The summed E-state index contributed by atoms with van der Waals surface area (Å²) in [6, 6.07) is 9.31. The number of benzene rings is 2. The second-order valence-corrected chi connectivity index (χ2v) is 9.33. The highest BCUT2D eigenvalue weighted by atomic mass is 79.9. The number of carbonyl (C=O) groups excluding carboxylic acids is 2. The number of halogens is 1. The molecule has 0 unspecified atom stereocenters. The second-order valence-electron chi connectivity index (χ2n) is 7.42. The van der Waals surface area contributed by atoms with Crippen LogP contribution < -0.4 is 9.47 Å². The number of hydrogen-bond donors (Lipinski definition) is 1. The molecule has 0 spiro atoms.